The average Bonchev–Trinajstić information content (AvgIpc) is 2.79. The molecule has 2 aromatic carbocycles. The molecule has 1 aliphatic heterocycles. The minimum absolute atomic E-state index is 0.0201. The molecule has 34 heavy (non-hydrogen) atoms. The Hall–Kier alpha value is -3.84. The van der Waals surface area contributed by atoms with Gasteiger partial charge >= 0.3 is 5.97 Å². The average molecular weight is 530 g/mol. The van der Waals surface area contributed by atoms with Gasteiger partial charge in [0.2, 0.25) is 5.88 Å². The molecule has 0 radical (unpaired) electrons. The lowest BCUT2D eigenvalue weighted by molar-refractivity contribution is -0.139. The van der Waals surface area contributed by atoms with Crippen LogP contribution in [0.2, 0.25) is 0 Å². The van der Waals surface area contributed by atoms with Crippen molar-refractivity contribution in [1.82, 2.24) is 0 Å². The molecule has 3 rings (SSSR count). The summed E-state index contributed by atoms with van der Waals surface area (Å²) in [4.78, 5) is 24.9. The number of rotatable bonds is 7. The van der Waals surface area contributed by atoms with Crippen LogP contribution < -0.4 is 15.8 Å². The first-order chi connectivity index (χ1) is 16.2. The van der Waals surface area contributed by atoms with Gasteiger partial charge in [0.1, 0.15) is 29.0 Å². The Kier molecular flexibility index (Phi) is 7.91. The zero-order valence-electron chi connectivity index (χ0n) is 18.4. The van der Waals surface area contributed by atoms with Crippen molar-refractivity contribution in [3.63, 3.8) is 0 Å². The van der Waals surface area contributed by atoms with Crippen molar-refractivity contribution in [2.75, 3.05) is 18.5 Å². The molecule has 1 heterocycles. The number of esters is 1. The lowest BCUT2D eigenvalue weighted by Crippen LogP contribution is -2.25. The molecule has 0 bridgehead atoms. The summed E-state index contributed by atoms with van der Waals surface area (Å²) in [6, 6.07) is 12.8. The summed E-state index contributed by atoms with van der Waals surface area (Å²) >= 11 is 3.15. The first-order valence-electron chi connectivity index (χ1n) is 10.2. The van der Waals surface area contributed by atoms with Gasteiger partial charge in [0.25, 0.3) is 5.91 Å². The number of benzene rings is 2. The normalized spacial score (nSPS) is 15.3. The number of allylic oxidation sites excluding steroid dienone is 2. The van der Waals surface area contributed by atoms with Crippen molar-refractivity contribution in [3.8, 4) is 11.8 Å². The highest BCUT2D eigenvalue weighted by Crippen LogP contribution is 2.40. The zero-order valence-corrected chi connectivity index (χ0v) is 19.9. The number of carbonyl (C=O) groups is 2. The summed E-state index contributed by atoms with van der Waals surface area (Å²) in [6.45, 7) is 2.98. The molecule has 0 saturated carbocycles. The van der Waals surface area contributed by atoms with Crippen molar-refractivity contribution >= 4 is 33.5 Å². The number of anilines is 1. The lowest BCUT2D eigenvalue weighted by Gasteiger charge is -2.27. The monoisotopic (exact) mass is 529 g/mol. The first kappa shape index (κ1) is 24.8. The molecule has 0 aromatic heterocycles. The van der Waals surface area contributed by atoms with Gasteiger partial charge in [0.15, 0.2) is 6.61 Å². The second-order valence-corrected chi connectivity index (χ2v) is 8.06. The fourth-order valence-corrected chi connectivity index (χ4v) is 3.73. The Bertz CT molecular complexity index is 1240. The van der Waals surface area contributed by atoms with Gasteiger partial charge < -0.3 is 25.3 Å². The topological polar surface area (TPSA) is 124 Å². The molecule has 1 atom stereocenters. The number of amides is 1. The number of halogens is 2. The summed E-state index contributed by atoms with van der Waals surface area (Å²) in [5.74, 6) is -2.22. The number of nitrogens with one attached hydrogen (secondary N) is 1. The van der Waals surface area contributed by atoms with Gasteiger partial charge in [-0.3, -0.25) is 4.79 Å². The maximum Gasteiger partial charge on any atom is 0.338 e. The largest absolute Gasteiger partial charge is 0.484 e. The Morgan fingerprint density at radius 1 is 1.29 bits per heavy atom. The molecule has 0 spiro atoms. The van der Waals surface area contributed by atoms with Crippen molar-refractivity contribution in [3.05, 3.63) is 81.1 Å². The number of carbonyl (C=O) groups excluding carboxylic acids is 2. The summed E-state index contributed by atoms with van der Waals surface area (Å²) in [7, 11) is 0. The van der Waals surface area contributed by atoms with E-state index in [1.807, 2.05) is 6.07 Å². The lowest BCUT2D eigenvalue weighted by atomic mass is 9.83. The Morgan fingerprint density at radius 2 is 2.06 bits per heavy atom. The van der Waals surface area contributed by atoms with E-state index in [1.165, 1.54) is 12.1 Å². The molecule has 1 amide bonds. The Labute approximate surface area is 203 Å². The number of hydrogen-bond acceptors (Lipinski definition) is 7. The minimum Gasteiger partial charge on any atom is -0.484 e. The predicted octanol–water partition coefficient (Wildman–Crippen LogP) is 4.25. The van der Waals surface area contributed by atoms with Gasteiger partial charge in [-0.1, -0.05) is 28.1 Å². The highest BCUT2D eigenvalue weighted by Gasteiger charge is 2.36. The van der Waals surface area contributed by atoms with Crippen LogP contribution in [0.25, 0.3) is 0 Å². The van der Waals surface area contributed by atoms with Crippen molar-refractivity contribution in [2.24, 2.45) is 5.73 Å². The molecular weight excluding hydrogens is 509 g/mol. The van der Waals surface area contributed by atoms with Gasteiger partial charge in [-0.2, -0.15) is 5.26 Å². The number of nitrogens with two attached hydrogens (primary N) is 1. The highest BCUT2D eigenvalue weighted by molar-refractivity contribution is 9.10. The third-order valence-corrected chi connectivity index (χ3v) is 5.36. The van der Waals surface area contributed by atoms with Crippen LogP contribution in [0.4, 0.5) is 10.1 Å². The first-order valence-corrected chi connectivity index (χ1v) is 11.0. The molecule has 176 valence electrons. The molecule has 10 heteroatoms. The van der Waals surface area contributed by atoms with E-state index in [0.29, 0.717) is 15.8 Å². The summed E-state index contributed by atoms with van der Waals surface area (Å²) in [5.41, 5.74) is 6.64. The van der Waals surface area contributed by atoms with Crippen LogP contribution in [0.15, 0.2) is 69.7 Å². The maximum absolute atomic E-state index is 13.9. The van der Waals surface area contributed by atoms with Gasteiger partial charge in [-0.05, 0) is 49.7 Å². The molecule has 8 nitrogen and oxygen atoms in total. The van der Waals surface area contributed by atoms with Crippen molar-refractivity contribution < 1.29 is 28.2 Å². The van der Waals surface area contributed by atoms with E-state index in [4.69, 9.17) is 19.9 Å². The molecule has 1 unspecified atom stereocenters. The van der Waals surface area contributed by atoms with E-state index in [9.17, 15) is 19.2 Å². The number of hydrogen-bond donors (Lipinski definition) is 2. The van der Waals surface area contributed by atoms with Crippen LogP contribution in [-0.4, -0.2) is 25.1 Å². The van der Waals surface area contributed by atoms with Crippen LogP contribution in [0.3, 0.4) is 0 Å². The summed E-state index contributed by atoms with van der Waals surface area (Å²) < 4.78 is 30.6. The van der Waals surface area contributed by atoms with Crippen molar-refractivity contribution in [2.45, 2.75) is 19.8 Å². The number of nitrogens with zero attached hydrogens (tertiary/aromatic N) is 1. The van der Waals surface area contributed by atoms with Gasteiger partial charge in [-0.25, -0.2) is 9.18 Å². The smallest absolute Gasteiger partial charge is 0.338 e. The molecule has 3 N–H and O–H groups in total. The van der Waals surface area contributed by atoms with Crippen LogP contribution in [0.5, 0.6) is 5.75 Å². The van der Waals surface area contributed by atoms with Crippen molar-refractivity contribution in [1.29, 1.82) is 5.26 Å². The number of ether oxygens (including phenoxy) is 3. The second-order valence-electron chi connectivity index (χ2n) is 7.15. The molecule has 0 saturated heterocycles. The maximum atomic E-state index is 13.9. The van der Waals surface area contributed by atoms with E-state index < -0.39 is 30.2 Å². The SMILES string of the molecule is CCOC(=O)C1=C(C)OC(N)=C(C#N)C1c1cccc(OCC(=O)Nc2ccc(Br)cc2F)c1. The number of nitriles is 1. The highest BCUT2D eigenvalue weighted by atomic mass is 79.9. The predicted molar refractivity (Wildman–Crippen MR) is 125 cm³/mol. The molecule has 2 aromatic rings. The fourth-order valence-electron chi connectivity index (χ4n) is 3.40. The van der Waals surface area contributed by atoms with E-state index in [2.05, 4.69) is 21.2 Å². The molecular formula is C24H21BrFN3O5. The zero-order chi connectivity index (χ0) is 24.8. The summed E-state index contributed by atoms with van der Waals surface area (Å²) in [5, 5.41) is 12.1. The van der Waals surface area contributed by atoms with Gasteiger partial charge in [-0.15, -0.1) is 0 Å². The Morgan fingerprint density at radius 3 is 2.74 bits per heavy atom. The quantitative estimate of drug-likeness (QED) is 0.513. The third kappa shape index (κ3) is 5.55. The van der Waals surface area contributed by atoms with E-state index in [1.54, 1.807) is 44.2 Å². The Balaban J connectivity index is 1.82. The van der Waals surface area contributed by atoms with Crippen LogP contribution in [0.1, 0.15) is 25.3 Å². The second kappa shape index (κ2) is 10.9. The van der Waals surface area contributed by atoms with Gasteiger partial charge in [0.05, 0.1) is 23.8 Å². The summed E-state index contributed by atoms with van der Waals surface area (Å²) in [6.07, 6.45) is 0. The standard InChI is InChI=1S/C24H21BrFN3O5/c1-3-32-24(31)21-13(2)34-23(28)17(11-27)22(21)14-5-4-6-16(9-14)33-12-20(30)29-19-8-7-15(25)10-18(19)26/h4-10,22H,3,12,28H2,1-2H3,(H,29,30). The van der Waals surface area contributed by atoms with E-state index in [-0.39, 0.29) is 35.1 Å². The molecule has 0 fully saturated rings. The molecule has 1 aliphatic rings. The van der Waals surface area contributed by atoms with Crippen LogP contribution in [-0.2, 0) is 19.1 Å². The van der Waals surface area contributed by atoms with Crippen LogP contribution >= 0.6 is 15.9 Å². The van der Waals surface area contributed by atoms with Gasteiger partial charge in [0, 0.05) is 4.47 Å². The van der Waals surface area contributed by atoms with E-state index >= 15 is 0 Å². The van der Waals surface area contributed by atoms with Crippen LogP contribution in [0, 0.1) is 17.1 Å². The minimum atomic E-state index is -0.841. The third-order valence-electron chi connectivity index (χ3n) is 4.87. The molecule has 0 aliphatic carbocycles. The fraction of sp³-hybridized carbons (Fsp3) is 0.208. The van der Waals surface area contributed by atoms with E-state index in [0.717, 1.165) is 0 Å².